The molecule has 4 bridgehead atoms. The molecule has 3 heterocycles. The van der Waals surface area contributed by atoms with Crippen LogP contribution in [0.1, 0.15) is 40.1 Å². The molecular formula is C29H31N7O2. The van der Waals surface area contributed by atoms with Crippen molar-refractivity contribution in [3.63, 3.8) is 0 Å². The molecule has 2 aromatic carbocycles. The van der Waals surface area contributed by atoms with E-state index in [1.54, 1.807) is 11.7 Å². The summed E-state index contributed by atoms with van der Waals surface area (Å²) in [6, 6.07) is 18.0. The average Bonchev–Trinajstić information content (AvgIpc) is 3.66. The van der Waals surface area contributed by atoms with Crippen molar-refractivity contribution >= 4 is 34.1 Å². The number of carbonyl (C=O) groups excluding carboxylic acids is 2. The first-order valence-electron chi connectivity index (χ1n) is 13.2. The number of nitrogens with one attached hydrogen (secondary N) is 3. The molecule has 38 heavy (non-hydrogen) atoms. The van der Waals surface area contributed by atoms with E-state index in [1.807, 2.05) is 54.7 Å². The Balaban J connectivity index is 1.45. The molecule has 0 unspecified atom stereocenters. The van der Waals surface area contributed by atoms with Crippen LogP contribution in [0, 0.1) is 0 Å². The second-order valence-corrected chi connectivity index (χ2v) is 9.91. The topological polar surface area (TPSA) is 104 Å². The summed E-state index contributed by atoms with van der Waals surface area (Å²) in [5.41, 5.74) is 5.63. The number of rotatable bonds is 3. The van der Waals surface area contributed by atoms with Crippen molar-refractivity contribution in [2.75, 3.05) is 31.1 Å². The Morgan fingerprint density at radius 3 is 2.82 bits per heavy atom. The molecule has 1 aliphatic heterocycles. The van der Waals surface area contributed by atoms with Gasteiger partial charge in [-0.25, -0.2) is 0 Å². The number of benzene rings is 2. The molecule has 1 saturated carbocycles. The van der Waals surface area contributed by atoms with Crippen LogP contribution in [-0.4, -0.2) is 58.8 Å². The molecule has 2 amide bonds. The summed E-state index contributed by atoms with van der Waals surface area (Å²) in [7, 11) is 1.79. The minimum Gasteiger partial charge on any atom is -0.351 e. The zero-order valence-electron chi connectivity index (χ0n) is 21.4. The lowest BCUT2D eigenvalue weighted by Crippen LogP contribution is -2.32. The summed E-state index contributed by atoms with van der Waals surface area (Å²) < 4.78 is 1.62. The Labute approximate surface area is 221 Å². The summed E-state index contributed by atoms with van der Waals surface area (Å²) >= 11 is 0. The van der Waals surface area contributed by atoms with E-state index in [2.05, 4.69) is 37.0 Å². The zero-order valence-corrected chi connectivity index (χ0v) is 21.4. The molecule has 0 saturated heterocycles. The van der Waals surface area contributed by atoms with Crippen molar-refractivity contribution in [1.82, 2.24) is 30.7 Å². The van der Waals surface area contributed by atoms with E-state index in [4.69, 9.17) is 0 Å². The van der Waals surface area contributed by atoms with Gasteiger partial charge in [-0.05, 0) is 68.3 Å². The molecular weight excluding hydrogens is 478 g/mol. The molecule has 3 N–H and O–H groups in total. The Bertz CT molecular complexity index is 1510. The maximum atomic E-state index is 12.8. The minimum atomic E-state index is -0.127. The Kier molecular flexibility index (Phi) is 6.51. The van der Waals surface area contributed by atoms with Crippen molar-refractivity contribution in [2.45, 2.75) is 25.3 Å². The number of fused-ring (bicyclic) bond motifs is 4. The van der Waals surface area contributed by atoms with Crippen LogP contribution in [0.4, 0.5) is 11.4 Å². The number of nitrogens with zero attached hydrogens (tertiary/aromatic N) is 4. The minimum absolute atomic E-state index is 0.0308. The highest BCUT2D eigenvalue weighted by Crippen LogP contribution is 2.34. The van der Waals surface area contributed by atoms with Crippen molar-refractivity contribution in [3.05, 3.63) is 72.1 Å². The number of amides is 2. The number of aromatic nitrogens is 3. The van der Waals surface area contributed by atoms with E-state index in [1.165, 1.54) is 0 Å². The maximum absolute atomic E-state index is 12.8. The third-order valence-corrected chi connectivity index (χ3v) is 7.08. The predicted octanol–water partition coefficient (Wildman–Crippen LogP) is 3.39. The van der Waals surface area contributed by atoms with Gasteiger partial charge >= 0.3 is 0 Å². The summed E-state index contributed by atoms with van der Waals surface area (Å²) in [6.45, 7) is 2.78. The molecule has 0 radical (unpaired) electrons. The van der Waals surface area contributed by atoms with Crippen molar-refractivity contribution < 1.29 is 9.59 Å². The van der Waals surface area contributed by atoms with Crippen LogP contribution in [0.15, 0.2) is 60.8 Å². The predicted molar refractivity (Wildman–Crippen MR) is 148 cm³/mol. The molecule has 194 valence electrons. The van der Waals surface area contributed by atoms with Crippen LogP contribution >= 0.6 is 0 Å². The van der Waals surface area contributed by atoms with E-state index >= 15 is 0 Å². The van der Waals surface area contributed by atoms with Gasteiger partial charge in [0.05, 0.1) is 16.9 Å². The molecule has 9 heteroatoms. The fraction of sp³-hybridized carbons (Fsp3) is 0.310. The summed E-state index contributed by atoms with van der Waals surface area (Å²) in [5.74, 6) is -0.157. The second-order valence-electron chi connectivity index (χ2n) is 9.91. The fourth-order valence-corrected chi connectivity index (χ4v) is 4.87. The highest BCUT2D eigenvalue weighted by Gasteiger charge is 2.24. The standard InChI is InChI=1S/C29H31N7O2/c1-35-27-18-25(34-35)19-6-9-24-23(17-19)26(10-13-31-24)36(15-14-30-11-3-12-32-29(27)38)22-5-2-4-20(16-22)28(37)33-21-7-8-21/h2,4-6,9-10,13,16-18,21,30H,3,7-8,11-12,14-15H2,1H3,(H,32,38)(H,33,37). The van der Waals surface area contributed by atoms with Crippen LogP contribution in [0.3, 0.4) is 0 Å². The lowest BCUT2D eigenvalue weighted by molar-refractivity contribution is 0.0938. The number of hydrogen-bond acceptors (Lipinski definition) is 6. The van der Waals surface area contributed by atoms with Crippen LogP contribution in [0.2, 0.25) is 0 Å². The van der Waals surface area contributed by atoms with Gasteiger partial charge < -0.3 is 20.9 Å². The van der Waals surface area contributed by atoms with Gasteiger partial charge in [-0.15, -0.1) is 0 Å². The number of carbonyl (C=O) groups is 2. The molecule has 2 aromatic heterocycles. The number of anilines is 2. The Morgan fingerprint density at radius 2 is 1.95 bits per heavy atom. The summed E-state index contributed by atoms with van der Waals surface area (Å²) in [5, 5.41) is 15.2. The van der Waals surface area contributed by atoms with E-state index in [9.17, 15) is 9.59 Å². The molecule has 2 aliphatic rings. The Morgan fingerprint density at radius 1 is 1.05 bits per heavy atom. The average molecular weight is 510 g/mol. The molecule has 9 nitrogen and oxygen atoms in total. The van der Waals surface area contributed by atoms with E-state index < -0.39 is 0 Å². The molecule has 4 aromatic rings. The molecule has 1 aliphatic carbocycles. The third kappa shape index (κ3) is 4.97. The van der Waals surface area contributed by atoms with E-state index in [-0.39, 0.29) is 11.8 Å². The first-order chi connectivity index (χ1) is 18.6. The lowest BCUT2D eigenvalue weighted by Gasteiger charge is -2.27. The fourth-order valence-electron chi connectivity index (χ4n) is 4.87. The van der Waals surface area contributed by atoms with Gasteiger partial charge in [-0.2, -0.15) is 5.10 Å². The maximum Gasteiger partial charge on any atom is 0.269 e. The quantitative estimate of drug-likeness (QED) is 0.391. The number of pyridine rings is 1. The van der Waals surface area contributed by atoms with Gasteiger partial charge in [0.15, 0.2) is 0 Å². The van der Waals surface area contributed by atoms with Crippen LogP contribution in [0.25, 0.3) is 22.2 Å². The van der Waals surface area contributed by atoms with Gasteiger partial charge in [0, 0.05) is 61.1 Å². The zero-order chi connectivity index (χ0) is 26.1. The normalized spacial score (nSPS) is 16.4. The first-order valence-corrected chi connectivity index (χ1v) is 13.2. The largest absolute Gasteiger partial charge is 0.351 e. The van der Waals surface area contributed by atoms with E-state index in [0.717, 1.165) is 65.9 Å². The van der Waals surface area contributed by atoms with Crippen LogP contribution < -0.4 is 20.9 Å². The Hall–Kier alpha value is -4.24. The first kappa shape index (κ1) is 24.1. The number of hydrogen-bond donors (Lipinski definition) is 3. The number of aryl methyl sites for hydroxylation is 1. The van der Waals surface area contributed by atoms with Gasteiger partial charge in [-0.1, -0.05) is 12.1 Å². The van der Waals surface area contributed by atoms with Crippen LogP contribution in [-0.2, 0) is 7.05 Å². The highest BCUT2D eigenvalue weighted by atomic mass is 16.2. The molecule has 1 fully saturated rings. The smallest absolute Gasteiger partial charge is 0.269 e. The van der Waals surface area contributed by atoms with Gasteiger partial charge in [0.2, 0.25) is 0 Å². The lowest BCUT2D eigenvalue weighted by atomic mass is 10.1. The summed E-state index contributed by atoms with van der Waals surface area (Å²) in [6.07, 6.45) is 4.74. The van der Waals surface area contributed by atoms with Gasteiger partial charge in [0.1, 0.15) is 5.69 Å². The van der Waals surface area contributed by atoms with Crippen LogP contribution in [0.5, 0.6) is 0 Å². The molecule has 6 rings (SSSR count). The monoisotopic (exact) mass is 509 g/mol. The molecule has 0 spiro atoms. The SMILES string of the molecule is Cn1nc2cc1C(=O)NCCCNCCN(c1cccc(C(=O)NC3CC3)c1)c1ccnc3ccc-2cc13. The third-order valence-electron chi connectivity index (χ3n) is 7.08. The van der Waals surface area contributed by atoms with Crippen molar-refractivity contribution in [1.29, 1.82) is 0 Å². The van der Waals surface area contributed by atoms with Gasteiger partial charge in [0.25, 0.3) is 11.8 Å². The summed E-state index contributed by atoms with van der Waals surface area (Å²) in [4.78, 5) is 32.4. The van der Waals surface area contributed by atoms with Gasteiger partial charge in [-0.3, -0.25) is 19.3 Å². The molecule has 0 atom stereocenters. The second kappa shape index (κ2) is 10.3. The van der Waals surface area contributed by atoms with Crippen molar-refractivity contribution in [2.24, 2.45) is 7.05 Å². The van der Waals surface area contributed by atoms with E-state index in [0.29, 0.717) is 30.4 Å². The highest BCUT2D eigenvalue weighted by molar-refractivity contribution is 5.99. The van der Waals surface area contributed by atoms with Crippen molar-refractivity contribution in [3.8, 4) is 11.3 Å².